The molecule has 1 rings (SSSR count). The lowest BCUT2D eigenvalue weighted by Gasteiger charge is -2.30. The Balaban J connectivity index is 0. The van der Waals surface area contributed by atoms with Crippen LogP contribution in [0.5, 0.6) is 0 Å². The number of hydrogen-bond donors (Lipinski definition) is 5. The summed E-state index contributed by atoms with van der Waals surface area (Å²) in [7, 11) is 0. The average molecular weight is 685 g/mol. The van der Waals surface area contributed by atoms with Crippen molar-refractivity contribution in [3.05, 3.63) is 35.9 Å². The normalized spacial score (nSPS) is 12.9. The first-order valence-corrected chi connectivity index (χ1v) is 13.5. The van der Waals surface area contributed by atoms with Crippen molar-refractivity contribution < 1.29 is 81.0 Å². The van der Waals surface area contributed by atoms with Crippen LogP contribution < -0.4 is 10.6 Å². The maximum absolute atomic E-state index is 12.8. The highest BCUT2D eigenvalue weighted by molar-refractivity contribution is 5.87. The van der Waals surface area contributed by atoms with E-state index in [4.69, 9.17) is 38.7 Å². The van der Waals surface area contributed by atoms with Crippen molar-refractivity contribution in [2.45, 2.75) is 78.2 Å². The SMILES string of the molecule is CC(=O)O.CC(=O)O.CC(=O)OCC(CC(C)OC(O)(CCNC(=O)CNC(=O)C(F)(F)F)C(=O)OCc1ccccc1)OC(C)=O. The van der Waals surface area contributed by atoms with Crippen LogP contribution in [0.25, 0.3) is 0 Å². The second-order valence-corrected chi connectivity index (χ2v) is 9.36. The Hall–Kier alpha value is -4.78. The van der Waals surface area contributed by atoms with Gasteiger partial charge in [0.05, 0.1) is 12.6 Å². The summed E-state index contributed by atoms with van der Waals surface area (Å²) in [6, 6.07) is 8.44. The van der Waals surface area contributed by atoms with Gasteiger partial charge in [0, 0.05) is 47.1 Å². The number of aliphatic hydroxyl groups is 1. The maximum Gasteiger partial charge on any atom is 0.471 e. The molecule has 19 heteroatoms. The predicted molar refractivity (Wildman–Crippen MR) is 152 cm³/mol. The van der Waals surface area contributed by atoms with Crippen molar-refractivity contribution in [3.8, 4) is 0 Å². The van der Waals surface area contributed by atoms with E-state index in [0.29, 0.717) is 5.56 Å². The summed E-state index contributed by atoms with van der Waals surface area (Å²) in [5.74, 6) is -10.2. The van der Waals surface area contributed by atoms with E-state index in [1.54, 1.807) is 30.3 Å². The molecule has 1 aromatic carbocycles. The minimum atomic E-state index is -5.17. The highest BCUT2D eigenvalue weighted by atomic mass is 19.4. The topological polar surface area (TPSA) is 241 Å². The van der Waals surface area contributed by atoms with Gasteiger partial charge in [0.15, 0.2) is 0 Å². The number of carboxylic acid groups (broad SMARTS) is 2. The van der Waals surface area contributed by atoms with Gasteiger partial charge in [-0.25, -0.2) is 4.79 Å². The number of nitrogens with one attached hydrogen (secondary N) is 2. The van der Waals surface area contributed by atoms with Crippen LogP contribution in [0.4, 0.5) is 13.2 Å². The Kier molecular flexibility index (Phi) is 21.4. The molecule has 3 atom stereocenters. The van der Waals surface area contributed by atoms with Gasteiger partial charge >= 0.3 is 30.0 Å². The number of carboxylic acids is 2. The molecule has 0 saturated carbocycles. The first kappa shape index (κ1) is 44.3. The van der Waals surface area contributed by atoms with E-state index in [1.807, 2.05) is 0 Å². The number of benzene rings is 1. The van der Waals surface area contributed by atoms with Gasteiger partial charge < -0.3 is 44.9 Å². The summed E-state index contributed by atoms with van der Waals surface area (Å²) in [5.41, 5.74) is 0.589. The fourth-order valence-electron chi connectivity index (χ4n) is 3.09. The van der Waals surface area contributed by atoms with Gasteiger partial charge in [-0.1, -0.05) is 30.3 Å². The second-order valence-electron chi connectivity index (χ2n) is 9.36. The maximum atomic E-state index is 12.8. The molecule has 0 aromatic heterocycles. The monoisotopic (exact) mass is 684 g/mol. The zero-order valence-corrected chi connectivity index (χ0v) is 26.3. The van der Waals surface area contributed by atoms with Gasteiger partial charge in [0.1, 0.15) is 19.3 Å². The number of aliphatic carboxylic acids is 2. The molecule has 266 valence electrons. The highest BCUT2D eigenvalue weighted by Gasteiger charge is 2.41. The molecular weight excluding hydrogens is 645 g/mol. The third kappa shape index (κ3) is 25.1. The van der Waals surface area contributed by atoms with E-state index < -0.39 is 85.3 Å². The minimum absolute atomic E-state index is 0.128. The number of esters is 3. The zero-order chi connectivity index (χ0) is 36.8. The molecule has 0 saturated heterocycles. The number of carbonyl (C=O) groups excluding carboxylic acids is 5. The second kappa shape index (κ2) is 22.7. The van der Waals surface area contributed by atoms with Crippen LogP contribution in [0.15, 0.2) is 30.3 Å². The number of alkyl halides is 3. The zero-order valence-electron chi connectivity index (χ0n) is 26.3. The smallest absolute Gasteiger partial charge is 0.471 e. The largest absolute Gasteiger partial charge is 0.481 e. The van der Waals surface area contributed by atoms with Crippen molar-refractivity contribution in [3.63, 3.8) is 0 Å². The van der Waals surface area contributed by atoms with Crippen LogP contribution in [0.1, 0.15) is 53.0 Å². The third-order valence-corrected chi connectivity index (χ3v) is 4.78. The summed E-state index contributed by atoms with van der Waals surface area (Å²) in [5, 5.41) is 29.4. The van der Waals surface area contributed by atoms with E-state index >= 15 is 0 Å². The van der Waals surface area contributed by atoms with Crippen molar-refractivity contribution in [1.82, 2.24) is 10.6 Å². The minimum Gasteiger partial charge on any atom is -0.481 e. The van der Waals surface area contributed by atoms with E-state index in [0.717, 1.165) is 27.7 Å². The van der Waals surface area contributed by atoms with Gasteiger partial charge in [0.25, 0.3) is 17.7 Å². The average Bonchev–Trinajstić information content (AvgIpc) is 2.92. The Morgan fingerprint density at radius 2 is 1.38 bits per heavy atom. The van der Waals surface area contributed by atoms with Crippen LogP contribution in [0.3, 0.4) is 0 Å². The molecule has 0 heterocycles. The molecule has 0 spiro atoms. The Labute approximate surface area is 267 Å². The van der Waals surface area contributed by atoms with Gasteiger partial charge in [0.2, 0.25) is 5.91 Å². The summed E-state index contributed by atoms with van der Waals surface area (Å²) in [6.07, 6.45) is -7.89. The number of rotatable bonds is 15. The quantitative estimate of drug-likeness (QED) is 0.0987. The molecule has 2 amide bonds. The molecule has 0 aliphatic heterocycles. The molecule has 0 bridgehead atoms. The van der Waals surface area contributed by atoms with Crippen LogP contribution in [-0.4, -0.2) is 101 Å². The van der Waals surface area contributed by atoms with Crippen LogP contribution >= 0.6 is 0 Å². The summed E-state index contributed by atoms with van der Waals surface area (Å²) >= 11 is 0. The predicted octanol–water partition coefficient (Wildman–Crippen LogP) is 1.08. The number of carbonyl (C=O) groups is 7. The van der Waals surface area contributed by atoms with E-state index in [1.165, 1.54) is 12.2 Å². The molecule has 16 nitrogen and oxygen atoms in total. The molecule has 3 unspecified atom stereocenters. The van der Waals surface area contributed by atoms with E-state index in [-0.39, 0.29) is 19.6 Å². The number of ether oxygens (including phenoxy) is 4. The summed E-state index contributed by atoms with van der Waals surface area (Å²) in [4.78, 5) is 76.0. The fraction of sp³-hybridized carbons (Fsp3) is 0.536. The molecule has 0 aliphatic rings. The van der Waals surface area contributed by atoms with Gasteiger partial charge in [-0.05, 0) is 12.5 Å². The van der Waals surface area contributed by atoms with Gasteiger partial charge in [-0.15, -0.1) is 0 Å². The Morgan fingerprint density at radius 3 is 1.85 bits per heavy atom. The Bertz CT molecular complexity index is 1160. The number of amides is 2. The fourth-order valence-corrected chi connectivity index (χ4v) is 3.09. The molecular formula is C28H39F3N2O14. The molecule has 0 radical (unpaired) electrons. The first-order chi connectivity index (χ1) is 21.6. The van der Waals surface area contributed by atoms with Crippen molar-refractivity contribution in [2.24, 2.45) is 0 Å². The van der Waals surface area contributed by atoms with E-state index in [2.05, 4.69) is 5.32 Å². The lowest BCUT2D eigenvalue weighted by atomic mass is 10.1. The van der Waals surface area contributed by atoms with E-state index in [9.17, 15) is 42.3 Å². The number of halogens is 3. The number of hydrogen-bond acceptors (Lipinski definition) is 12. The third-order valence-electron chi connectivity index (χ3n) is 4.78. The standard InChI is InChI=1S/C24H31F3N2O10.2C2H4O2/c1-15(11-19(38-17(3)31)14-36-16(2)30)39-23(35,22(34)37-13-18-7-5-4-6-8-18)9-10-28-20(32)12-29-21(33)24(25,26)27;2*1-2(3)4/h4-8,15,19,35H,9-14H2,1-3H3,(H,28,32)(H,29,33);2*1H3,(H,3,4). The summed E-state index contributed by atoms with van der Waals surface area (Å²) < 4.78 is 57.4. The molecule has 0 fully saturated rings. The van der Waals surface area contributed by atoms with Crippen LogP contribution in [0.2, 0.25) is 0 Å². The summed E-state index contributed by atoms with van der Waals surface area (Å²) in [6.45, 7) is 3.83. The molecule has 0 aliphatic carbocycles. The lowest BCUT2D eigenvalue weighted by molar-refractivity contribution is -0.247. The van der Waals surface area contributed by atoms with Crippen LogP contribution in [0, 0.1) is 0 Å². The van der Waals surface area contributed by atoms with Crippen molar-refractivity contribution in [2.75, 3.05) is 19.7 Å². The first-order valence-electron chi connectivity index (χ1n) is 13.5. The van der Waals surface area contributed by atoms with Gasteiger partial charge in [-0.3, -0.25) is 28.8 Å². The highest BCUT2D eigenvalue weighted by Crippen LogP contribution is 2.21. The molecule has 5 N–H and O–H groups in total. The van der Waals surface area contributed by atoms with Crippen LogP contribution in [-0.2, 0) is 59.1 Å². The Morgan fingerprint density at radius 1 is 0.851 bits per heavy atom. The molecule has 47 heavy (non-hydrogen) atoms. The molecule has 1 aromatic rings. The van der Waals surface area contributed by atoms with Gasteiger partial charge in [-0.2, -0.15) is 13.2 Å². The van der Waals surface area contributed by atoms with Crippen molar-refractivity contribution in [1.29, 1.82) is 0 Å². The lowest BCUT2D eigenvalue weighted by Crippen LogP contribution is -2.49. The van der Waals surface area contributed by atoms with Crippen molar-refractivity contribution >= 4 is 41.7 Å².